The van der Waals surface area contributed by atoms with Crippen LogP contribution in [-0.4, -0.2) is 34.3 Å². The lowest BCUT2D eigenvalue weighted by Crippen LogP contribution is -2.33. The topological polar surface area (TPSA) is 40.5 Å². The van der Waals surface area contributed by atoms with Gasteiger partial charge in [0, 0.05) is 24.0 Å². The number of amides is 1. The predicted molar refractivity (Wildman–Crippen MR) is 77.4 cm³/mol. The highest BCUT2D eigenvalue weighted by molar-refractivity contribution is 9.09. The molecule has 0 aliphatic rings. The van der Waals surface area contributed by atoms with E-state index in [-0.39, 0.29) is 11.7 Å². The molecule has 0 saturated carbocycles. The summed E-state index contributed by atoms with van der Waals surface area (Å²) < 4.78 is 0. The summed E-state index contributed by atoms with van der Waals surface area (Å²) in [6, 6.07) is 5.00. The number of phenols is 1. The molecule has 0 aliphatic heterocycles. The Morgan fingerprint density at radius 1 is 1.39 bits per heavy atom. The van der Waals surface area contributed by atoms with Crippen LogP contribution in [0.4, 0.5) is 0 Å². The van der Waals surface area contributed by atoms with Crippen molar-refractivity contribution in [1.29, 1.82) is 0 Å². The summed E-state index contributed by atoms with van der Waals surface area (Å²) in [7, 11) is 0. The maximum Gasteiger partial charge on any atom is 0.253 e. The summed E-state index contributed by atoms with van der Waals surface area (Å²) in [5.74, 6) is 0.262. The van der Waals surface area contributed by atoms with E-state index in [1.54, 1.807) is 25.1 Å². The maximum atomic E-state index is 12.3. The van der Waals surface area contributed by atoms with Gasteiger partial charge in [0.15, 0.2) is 0 Å². The Morgan fingerprint density at radius 3 is 2.67 bits per heavy atom. The molecule has 0 fully saturated rings. The fourth-order valence-electron chi connectivity index (χ4n) is 1.74. The average Bonchev–Trinajstić information content (AvgIpc) is 2.37. The van der Waals surface area contributed by atoms with E-state index in [2.05, 4.69) is 22.9 Å². The van der Waals surface area contributed by atoms with Crippen LogP contribution in [0.5, 0.6) is 5.75 Å². The van der Waals surface area contributed by atoms with E-state index in [1.807, 2.05) is 4.90 Å². The van der Waals surface area contributed by atoms with E-state index < -0.39 is 0 Å². The number of halogens is 1. The number of alkyl halides is 1. The van der Waals surface area contributed by atoms with E-state index >= 15 is 0 Å². The summed E-state index contributed by atoms with van der Waals surface area (Å²) in [6.07, 6.45) is 2.08. The number of hydrogen-bond donors (Lipinski definition) is 1. The highest BCUT2D eigenvalue weighted by Crippen LogP contribution is 2.18. The lowest BCUT2D eigenvalue weighted by Gasteiger charge is -2.21. The fourth-order valence-corrected chi connectivity index (χ4v) is 2.17. The standard InChI is InChI=1S/C14H20BrNO2/c1-3-4-8-16(9-7-15)14(18)12-5-6-13(17)11(2)10-12/h5-6,10,17H,3-4,7-9H2,1-2H3. The smallest absolute Gasteiger partial charge is 0.253 e. The molecule has 0 atom stereocenters. The predicted octanol–water partition coefficient (Wildman–Crippen LogP) is 3.34. The van der Waals surface area contributed by atoms with Gasteiger partial charge in [0.1, 0.15) is 5.75 Å². The van der Waals surface area contributed by atoms with Crippen LogP contribution in [-0.2, 0) is 0 Å². The number of nitrogens with zero attached hydrogens (tertiary/aromatic N) is 1. The molecule has 1 aromatic carbocycles. The highest BCUT2D eigenvalue weighted by atomic mass is 79.9. The minimum atomic E-state index is 0.0333. The van der Waals surface area contributed by atoms with Crippen molar-refractivity contribution in [1.82, 2.24) is 4.90 Å². The zero-order valence-electron chi connectivity index (χ0n) is 10.9. The maximum absolute atomic E-state index is 12.3. The molecule has 0 heterocycles. The summed E-state index contributed by atoms with van der Waals surface area (Å²) in [6.45, 7) is 5.40. The Balaban J connectivity index is 2.83. The first-order chi connectivity index (χ1) is 8.60. The quantitative estimate of drug-likeness (QED) is 0.818. The van der Waals surface area contributed by atoms with Gasteiger partial charge in [-0.1, -0.05) is 29.3 Å². The van der Waals surface area contributed by atoms with Crippen molar-refractivity contribution in [3.05, 3.63) is 29.3 Å². The molecule has 4 heteroatoms. The number of carbonyl (C=O) groups excluding carboxylic acids is 1. The molecule has 0 spiro atoms. The number of rotatable bonds is 6. The van der Waals surface area contributed by atoms with Gasteiger partial charge in [0.2, 0.25) is 0 Å². The van der Waals surface area contributed by atoms with Crippen LogP contribution in [0.1, 0.15) is 35.7 Å². The molecule has 1 N–H and O–H groups in total. The largest absolute Gasteiger partial charge is 0.508 e. The summed E-state index contributed by atoms with van der Waals surface area (Å²) >= 11 is 3.37. The number of aryl methyl sites for hydroxylation is 1. The molecule has 1 amide bonds. The molecule has 0 radical (unpaired) electrons. The van der Waals surface area contributed by atoms with Crippen molar-refractivity contribution in [2.24, 2.45) is 0 Å². The van der Waals surface area contributed by atoms with Crippen LogP contribution in [0, 0.1) is 6.92 Å². The van der Waals surface area contributed by atoms with Gasteiger partial charge < -0.3 is 10.0 Å². The Bertz CT molecular complexity index is 407. The second kappa shape index (κ2) is 7.41. The van der Waals surface area contributed by atoms with Crippen LogP contribution >= 0.6 is 15.9 Å². The van der Waals surface area contributed by atoms with Crippen LogP contribution in [0.3, 0.4) is 0 Å². The van der Waals surface area contributed by atoms with Crippen molar-refractivity contribution in [3.8, 4) is 5.75 Å². The van der Waals surface area contributed by atoms with Crippen LogP contribution in [0.15, 0.2) is 18.2 Å². The molecule has 0 bridgehead atoms. The van der Waals surface area contributed by atoms with Crippen molar-refractivity contribution in [3.63, 3.8) is 0 Å². The molecule has 3 nitrogen and oxygen atoms in total. The van der Waals surface area contributed by atoms with Gasteiger partial charge in [-0.3, -0.25) is 4.79 Å². The zero-order valence-corrected chi connectivity index (χ0v) is 12.5. The second-order valence-electron chi connectivity index (χ2n) is 4.34. The van der Waals surface area contributed by atoms with Gasteiger partial charge in [0.05, 0.1) is 0 Å². The lowest BCUT2D eigenvalue weighted by atomic mass is 10.1. The number of unbranched alkanes of at least 4 members (excludes halogenated alkanes) is 1. The van der Waals surface area contributed by atoms with E-state index in [0.717, 1.165) is 30.3 Å². The van der Waals surface area contributed by atoms with Crippen LogP contribution < -0.4 is 0 Å². The summed E-state index contributed by atoms with van der Waals surface area (Å²) in [5.41, 5.74) is 1.37. The minimum Gasteiger partial charge on any atom is -0.508 e. The van der Waals surface area contributed by atoms with Crippen LogP contribution in [0.25, 0.3) is 0 Å². The Labute approximate surface area is 117 Å². The van der Waals surface area contributed by atoms with Crippen LogP contribution in [0.2, 0.25) is 0 Å². The first-order valence-corrected chi connectivity index (χ1v) is 7.37. The second-order valence-corrected chi connectivity index (χ2v) is 5.13. The van der Waals surface area contributed by atoms with E-state index in [9.17, 15) is 9.90 Å². The zero-order chi connectivity index (χ0) is 13.5. The number of carbonyl (C=O) groups is 1. The molecular weight excluding hydrogens is 294 g/mol. The molecular formula is C14H20BrNO2. The Morgan fingerprint density at radius 2 is 2.11 bits per heavy atom. The van der Waals surface area contributed by atoms with Crippen molar-refractivity contribution < 1.29 is 9.90 Å². The minimum absolute atomic E-state index is 0.0333. The summed E-state index contributed by atoms with van der Waals surface area (Å²) in [4.78, 5) is 14.2. The highest BCUT2D eigenvalue weighted by Gasteiger charge is 2.15. The van der Waals surface area contributed by atoms with Crippen molar-refractivity contribution in [2.45, 2.75) is 26.7 Å². The van der Waals surface area contributed by atoms with E-state index in [4.69, 9.17) is 0 Å². The van der Waals surface area contributed by atoms with Gasteiger partial charge >= 0.3 is 0 Å². The number of phenolic OH excluding ortho intramolecular Hbond substituents is 1. The first kappa shape index (κ1) is 15.0. The SMILES string of the molecule is CCCCN(CCBr)C(=O)c1ccc(O)c(C)c1. The lowest BCUT2D eigenvalue weighted by molar-refractivity contribution is 0.0764. The Kier molecular flexibility index (Phi) is 6.19. The van der Waals surface area contributed by atoms with Crippen molar-refractivity contribution in [2.75, 3.05) is 18.4 Å². The first-order valence-electron chi connectivity index (χ1n) is 6.25. The molecule has 0 saturated heterocycles. The van der Waals surface area contributed by atoms with Gasteiger partial charge in [-0.2, -0.15) is 0 Å². The monoisotopic (exact) mass is 313 g/mol. The fraction of sp³-hybridized carbons (Fsp3) is 0.500. The van der Waals surface area contributed by atoms with Gasteiger partial charge in [-0.05, 0) is 37.1 Å². The molecule has 1 rings (SSSR count). The summed E-state index contributed by atoms with van der Waals surface area (Å²) in [5, 5.41) is 10.3. The van der Waals surface area contributed by atoms with Crippen molar-refractivity contribution >= 4 is 21.8 Å². The number of hydrogen-bond acceptors (Lipinski definition) is 2. The Hall–Kier alpha value is -1.03. The van der Waals surface area contributed by atoms with E-state index in [0.29, 0.717) is 12.1 Å². The van der Waals surface area contributed by atoms with Gasteiger partial charge in [0.25, 0.3) is 5.91 Å². The average molecular weight is 314 g/mol. The molecule has 0 unspecified atom stereocenters. The molecule has 1 aromatic rings. The molecule has 100 valence electrons. The normalized spacial score (nSPS) is 10.4. The molecule has 18 heavy (non-hydrogen) atoms. The molecule has 0 aromatic heterocycles. The van der Waals surface area contributed by atoms with Gasteiger partial charge in [-0.15, -0.1) is 0 Å². The number of aromatic hydroxyl groups is 1. The molecule has 0 aliphatic carbocycles. The third-order valence-corrected chi connectivity index (χ3v) is 3.22. The van der Waals surface area contributed by atoms with E-state index in [1.165, 1.54) is 0 Å². The third kappa shape index (κ3) is 4.02. The number of benzene rings is 1. The third-order valence-electron chi connectivity index (χ3n) is 2.87. The van der Waals surface area contributed by atoms with Gasteiger partial charge in [-0.25, -0.2) is 0 Å².